The third kappa shape index (κ3) is 12.9. The SMILES string of the molecule is CC(C)=CCCC(C)=CCCC(C)=CCCC(C)=CCCC1(C)OCCC(C)O1. The number of hydrogen-bond acceptors (Lipinski definition) is 2. The molecule has 0 saturated carbocycles. The Morgan fingerprint density at radius 2 is 1.28 bits per heavy atom. The summed E-state index contributed by atoms with van der Waals surface area (Å²) in [5.74, 6) is -0.401. The summed E-state index contributed by atoms with van der Waals surface area (Å²) in [7, 11) is 0. The summed E-state index contributed by atoms with van der Waals surface area (Å²) >= 11 is 0. The molecule has 166 valence electrons. The molecular formula is C27H46O2. The molecule has 0 aromatic carbocycles. The predicted molar refractivity (Wildman–Crippen MR) is 127 cm³/mol. The molecule has 0 spiro atoms. The second-order valence-corrected chi connectivity index (χ2v) is 9.29. The van der Waals surface area contributed by atoms with Gasteiger partial charge in [-0.05, 0) is 99.8 Å². The van der Waals surface area contributed by atoms with E-state index in [4.69, 9.17) is 9.47 Å². The number of rotatable bonds is 12. The highest BCUT2D eigenvalue weighted by atomic mass is 16.7. The van der Waals surface area contributed by atoms with Gasteiger partial charge >= 0.3 is 0 Å². The van der Waals surface area contributed by atoms with E-state index in [9.17, 15) is 0 Å². The Bertz CT molecular complexity index is 590. The Morgan fingerprint density at radius 3 is 1.76 bits per heavy atom. The minimum absolute atomic E-state index is 0.308. The molecule has 1 rings (SSSR count). The van der Waals surface area contributed by atoms with E-state index >= 15 is 0 Å². The standard InChI is InChI=1S/C27H46O2/c1-22(2)12-8-13-23(3)14-9-15-24(4)16-10-17-25(5)18-11-20-27(7)28-21-19-26(6)29-27/h12,14,16,18,26H,8-11,13,15,17,19-21H2,1-7H3. The summed E-state index contributed by atoms with van der Waals surface area (Å²) in [5, 5.41) is 0. The second kappa shape index (κ2) is 14.0. The minimum Gasteiger partial charge on any atom is -0.350 e. The Balaban J connectivity index is 2.23. The Morgan fingerprint density at radius 1 is 0.793 bits per heavy atom. The summed E-state index contributed by atoms with van der Waals surface area (Å²) in [4.78, 5) is 0. The molecule has 0 aromatic rings. The van der Waals surface area contributed by atoms with Crippen molar-refractivity contribution >= 4 is 0 Å². The van der Waals surface area contributed by atoms with Crippen molar-refractivity contribution in [1.29, 1.82) is 0 Å². The molecule has 0 N–H and O–H groups in total. The molecule has 1 aliphatic rings. The smallest absolute Gasteiger partial charge is 0.166 e. The van der Waals surface area contributed by atoms with E-state index < -0.39 is 5.79 Å². The van der Waals surface area contributed by atoms with Crippen LogP contribution >= 0.6 is 0 Å². The Kier molecular flexibility index (Phi) is 12.5. The lowest BCUT2D eigenvalue weighted by atomic mass is 10.0. The van der Waals surface area contributed by atoms with Crippen LogP contribution in [-0.4, -0.2) is 18.5 Å². The highest BCUT2D eigenvalue weighted by Crippen LogP contribution is 2.27. The first-order chi connectivity index (χ1) is 13.7. The first-order valence-electron chi connectivity index (χ1n) is 11.6. The van der Waals surface area contributed by atoms with E-state index in [1.807, 2.05) is 0 Å². The lowest BCUT2D eigenvalue weighted by Gasteiger charge is -2.37. The molecule has 0 amide bonds. The van der Waals surface area contributed by atoms with Gasteiger partial charge in [-0.25, -0.2) is 0 Å². The molecule has 2 nitrogen and oxygen atoms in total. The summed E-state index contributed by atoms with van der Waals surface area (Å²) in [6.45, 7) is 16.1. The van der Waals surface area contributed by atoms with Gasteiger partial charge in [-0.3, -0.25) is 0 Å². The zero-order valence-electron chi connectivity index (χ0n) is 20.3. The van der Waals surface area contributed by atoms with Crippen LogP contribution in [0.3, 0.4) is 0 Å². The fourth-order valence-electron chi connectivity index (χ4n) is 3.66. The first kappa shape index (κ1) is 25.9. The highest BCUT2D eigenvalue weighted by molar-refractivity contribution is 5.07. The molecular weight excluding hydrogens is 356 g/mol. The maximum Gasteiger partial charge on any atom is 0.166 e. The summed E-state index contributed by atoms with van der Waals surface area (Å²) in [5.41, 5.74) is 5.91. The van der Waals surface area contributed by atoms with Crippen molar-refractivity contribution in [2.45, 2.75) is 118 Å². The molecule has 2 heteroatoms. The van der Waals surface area contributed by atoms with Crippen LogP contribution < -0.4 is 0 Å². The molecule has 0 aromatic heterocycles. The van der Waals surface area contributed by atoms with E-state index in [0.29, 0.717) is 6.10 Å². The van der Waals surface area contributed by atoms with Gasteiger partial charge in [0.25, 0.3) is 0 Å². The third-order valence-corrected chi connectivity index (χ3v) is 5.63. The molecule has 0 aliphatic carbocycles. The monoisotopic (exact) mass is 402 g/mol. The van der Waals surface area contributed by atoms with Gasteiger partial charge in [0.1, 0.15) is 0 Å². The minimum atomic E-state index is -0.401. The zero-order valence-corrected chi connectivity index (χ0v) is 20.3. The highest BCUT2D eigenvalue weighted by Gasteiger charge is 2.31. The van der Waals surface area contributed by atoms with Crippen molar-refractivity contribution in [3.05, 3.63) is 46.6 Å². The fourth-order valence-corrected chi connectivity index (χ4v) is 3.66. The summed E-state index contributed by atoms with van der Waals surface area (Å²) in [6.07, 6.45) is 19.8. The summed E-state index contributed by atoms with van der Waals surface area (Å²) in [6, 6.07) is 0. The Hall–Kier alpha value is -1.12. The van der Waals surface area contributed by atoms with Crippen molar-refractivity contribution in [2.24, 2.45) is 0 Å². The van der Waals surface area contributed by atoms with Gasteiger partial charge in [0.15, 0.2) is 5.79 Å². The Labute approximate surface area is 181 Å². The molecule has 29 heavy (non-hydrogen) atoms. The van der Waals surface area contributed by atoms with Crippen LogP contribution in [0.15, 0.2) is 46.6 Å². The van der Waals surface area contributed by atoms with Gasteiger partial charge in [0.05, 0.1) is 12.7 Å². The van der Waals surface area contributed by atoms with E-state index in [-0.39, 0.29) is 0 Å². The number of allylic oxidation sites excluding steroid dienone is 8. The topological polar surface area (TPSA) is 18.5 Å². The van der Waals surface area contributed by atoms with Crippen LogP contribution in [0.4, 0.5) is 0 Å². The van der Waals surface area contributed by atoms with Gasteiger partial charge in [0.2, 0.25) is 0 Å². The average Bonchev–Trinajstić information content (AvgIpc) is 2.61. The van der Waals surface area contributed by atoms with Gasteiger partial charge in [0, 0.05) is 6.42 Å². The van der Waals surface area contributed by atoms with Crippen molar-refractivity contribution in [3.63, 3.8) is 0 Å². The van der Waals surface area contributed by atoms with Gasteiger partial charge in [-0.1, -0.05) is 46.6 Å². The third-order valence-electron chi connectivity index (χ3n) is 5.63. The normalized spacial score (nSPS) is 24.0. The van der Waals surface area contributed by atoms with Crippen LogP contribution in [0.2, 0.25) is 0 Å². The van der Waals surface area contributed by atoms with Crippen LogP contribution in [0.5, 0.6) is 0 Å². The number of ether oxygens (including phenoxy) is 2. The van der Waals surface area contributed by atoms with Crippen molar-refractivity contribution in [3.8, 4) is 0 Å². The van der Waals surface area contributed by atoms with Gasteiger partial charge < -0.3 is 9.47 Å². The lowest BCUT2D eigenvalue weighted by Crippen LogP contribution is -2.41. The molecule has 1 heterocycles. The predicted octanol–water partition coefficient (Wildman–Crippen LogP) is 8.45. The van der Waals surface area contributed by atoms with Crippen molar-refractivity contribution in [2.75, 3.05) is 6.61 Å². The first-order valence-corrected chi connectivity index (χ1v) is 11.6. The van der Waals surface area contributed by atoms with Gasteiger partial charge in [-0.15, -0.1) is 0 Å². The zero-order chi connectivity index (χ0) is 21.7. The van der Waals surface area contributed by atoms with E-state index in [2.05, 4.69) is 72.8 Å². The maximum atomic E-state index is 5.99. The van der Waals surface area contributed by atoms with Crippen molar-refractivity contribution < 1.29 is 9.47 Å². The largest absolute Gasteiger partial charge is 0.350 e. The van der Waals surface area contributed by atoms with E-state index in [1.165, 1.54) is 41.6 Å². The number of hydrogen-bond donors (Lipinski definition) is 0. The molecule has 1 saturated heterocycles. The molecule has 1 aliphatic heterocycles. The molecule has 0 bridgehead atoms. The van der Waals surface area contributed by atoms with Gasteiger partial charge in [-0.2, -0.15) is 0 Å². The molecule has 2 unspecified atom stereocenters. The van der Waals surface area contributed by atoms with Crippen LogP contribution in [-0.2, 0) is 9.47 Å². The summed E-state index contributed by atoms with van der Waals surface area (Å²) < 4.78 is 11.8. The van der Waals surface area contributed by atoms with Crippen LogP contribution in [0, 0.1) is 0 Å². The quantitative estimate of drug-likeness (QED) is 0.305. The average molecular weight is 403 g/mol. The van der Waals surface area contributed by atoms with Crippen LogP contribution in [0.1, 0.15) is 106 Å². The van der Waals surface area contributed by atoms with Crippen molar-refractivity contribution in [1.82, 2.24) is 0 Å². The fraction of sp³-hybridized carbons (Fsp3) is 0.704. The second-order valence-electron chi connectivity index (χ2n) is 9.29. The van der Waals surface area contributed by atoms with E-state index in [0.717, 1.165) is 45.1 Å². The van der Waals surface area contributed by atoms with E-state index in [1.54, 1.807) is 0 Å². The maximum absolute atomic E-state index is 5.99. The lowest BCUT2D eigenvalue weighted by molar-refractivity contribution is -0.282. The molecule has 1 fully saturated rings. The molecule has 0 radical (unpaired) electrons. The van der Waals surface area contributed by atoms with Crippen LogP contribution in [0.25, 0.3) is 0 Å². The molecule has 2 atom stereocenters.